The molecule has 0 amide bonds. The van der Waals surface area contributed by atoms with E-state index < -0.39 is 34.4 Å². The number of pyridine rings is 1. The van der Waals surface area contributed by atoms with Crippen molar-refractivity contribution in [2.24, 2.45) is 5.73 Å². The number of anilines is 1. The minimum absolute atomic E-state index is 0.0190. The van der Waals surface area contributed by atoms with Crippen LogP contribution in [0.5, 0.6) is 0 Å². The highest BCUT2D eigenvalue weighted by atomic mass is 19.1. The lowest BCUT2D eigenvalue weighted by atomic mass is 10.0. The Labute approximate surface area is 175 Å². The Balaban J connectivity index is 2.07. The molecule has 2 aromatic carbocycles. The van der Waals surface area contributed by atoms with Crippen LogP contribution in [0.3, 0.4) is 0 Å². The van der Waals surface area contributed by atoms with Crippen molar-refractivity contribution in [3.63, 3.8) is 0 Å². The smallest absolute Gasteiger partial charge is 0.341 e. The summed E-state index contributed by atoms with van der Waals surface area (Å²) in [5, 5.41) is 9.30. The molecule has 3 N–H and O–H groups in total. The van der Waals surface area contributed by atoms with E-state index in [-0.39, 0.29) is 33.9 Å². The van der Waals surface area contributed by atoms with Crippen LogP contribution in [-0.2, 0) is 0 Å². The number of benzene rings is 2. The fourth-order valence-electron chi connectivity index (χ4n) is 4.03. The van der Waals surface area contributed by atoms with Gasteiger partial charge in [0.25, 0.3) is 0 Å². The molecule has 1 fully saturated rings. The molecule has 4 rings (SSSR count). The number of aromatic carboxylic acids is 1. The summed E-state index contributed by atoms with van der Waals surface area (Å²) < 4.78 is 44.5. The van der Waals surface area contributed by atoms with Crippen LogP contribution in [0.4, 0.5) is 18.9 Å². The highest BCUT2D eigenvalue weighted by molar-refractivity contribution is 5.95. The lowest BCUT2D eigenvalue weighted by Crippen LogP contribution is -2.40. The maximum absolute atomic E-state index is 15.3. The minimum atomic E-state index is -1.53. The van der Waals surface area contributed by atoms with Gasteiger partial charge in [-0.1, -0.05) is 0 Å². The van der Waals surface area contributed by atoms with Crippen LogP contribution in [0.2, 0.25) is 0 Å². The first kappa shape index (κ1) is 20.9. The summed E-state index contributed by atoms with van der Waals surface area (Å²) in [5.41, 5.74) is 4.57. The first-order chi connectivity index (χ1) is 14.7. The summed E-state index contributed by atoms with van der Waals surface area (Å²) in [4.78, 5) is 26.3. The number of carboxylic acid groups (broad SMARTS) is 1. The molecule has 1 aliphatic rings. The summed E-state index contributed by atoms with van der Waals surface area (Å²) in [6.45, 7) is 2.39. The molecule has 0 spiro atoms. The van der Waals surface area contributed by atoms with Crippen LogP contribution in [0, 0.1) is 24.4 Å². The zero-order valence-electron chi connectivity index (χ0n) is 16.7. The average Bonchev–Trinajstić information content (AvgIpc) is 2.71. The number of nitrogens with two attached hydrogens (primary N) is 1. The topological polar surface area (TPSA) is 88.6 Å². The van der Waals surface area contributed by atoms with Gasteiger partial charge in [0.05, 0.1) is 22.3 Å². The number of aryl methyl sites for hydroxylation is 1. The van der Waals surface area contributed by atoms with Gasteiger partial charge >= 0.3 is 5.97 Å². The summed E-state index contributed by atoms with van der Waals surface area (Å²) >= 11 is 0. The Kier molecular flexibility index (Phi) is 5.22. The van der Waals surface area contributed by atoms with E-state index in [0.29, 0.717) is 32.0 Å². The van der Waals surface area contributed by atoms with E-state index >= 15 is 4.39 Å². The lowest BCUT2D eigenvalue weighted by molar-refractivity contribution is 0.0695. The molecule has 0 bridgehead atoms. The third-order valence-corrected chi connectivity index (χ3v) is 5.73. The molecule has 162 valence electrons. The van der Waals surface area contributed by atoms with E-state index in [1.54, 1.807) is 4.90 Å². The molecule has 1 saturated heterocycles. The zero-order chi connectivity index (χ0) is 22.4. The van der Waals surface area contributed by atoms with Gasteiger partial charge in [0.2, 0.25) is 5.43 Å². The number of aromatic nitrogens is 1. The van der Waals surface area contributed by atoms with E-state index in [1.165, 1.54) is 13.0 Å². The molecule has 9 heteroatoms. The number of carbonyl (C=O) groups is 1. The van der Waals surface area contributed by atoms with Crippen molar-refractivity contribution in [3.8, 4) is 5.69 Å². The highest BCUT2D eigenvalue weighted by Crippen LogP contribution is 2.32. The normalized spacial score (nSPS) is 14.9. The van der Waals surface area contributed by atoms with Crippen LogP contribution in [-0.4, -0.2) is 34.8 Å². The molecule has 1 aromatic heterocycles. The molecule has 0 unspecified atom stereocenters. The number of hydrogen-bond acceptors (Lipinski definition) is 4. The Morgan fingerprint density at radius 3 is 2.42 bits per heavy atom. The van der Waals surface area contributed by atoms with Gasteiger partial charge in [-0.25, -0.2) is 18.0 Å². The van der Waals surface area contributed by atoms with Crippen LogP contribution in [0.1, 0.15) is 28.8 Å². The van der Waals surface area contributed by atoms with E-state index in [9.17, 15) is 23.5 Å². The summed E-state index contributed by atoms with van der Waals surface area (Å²) in [6, 6.07) is 4.24. The van der Waals surface area contributed by atoms with Crippen LogP contribution in [0.15, 0.2) is 35.3 Å². The molecule has 0 radical (unpaired) electrons. The van der Waals surface area contributed by atoms with Crippen molar-refractivity contribution in [1.82, 2.24) is 4.57 Å². The van der Waals surface area contributed by atoms with Gasteiger partial charge in [-0.3, -0.25) is 4.79 Å². The SMILES string of the molecule is Cc1c(F)c(N2CCC(N)CC2)cc2c1c(=O)c(C(=O)O)cn2-c1ccc(F)cc1F. The van der Waals surface area contributed by atoms with Crippen molar-refractivity contribution < 1.29 is 23.1 Å². The Hall–Kier alpha value is -3.33. The molecular weight excluding hydrogens is 411 g/mol. The van der Waals surface area contributed by atoms with Gasteiger partial charge in [0, 0.05) is 37.0 Å². The first-order valence-corrected chi connectivity index (χ1v) is 9.76. The van der Waals surface area contributed by atoms with Crippen molar-refractivity contribution in [2.75, 3.05) is 18.0 Å². The molecule has 1 aliphatic heterocycles. The summed E-state index contributed by atoms with van der Waals surface area (Å²) in [5.74, 6) is -3.93. The number of halogens is 3. The largest absolute Gasteiger partial charge is 0.477 e. The zero-order valence-corrected chi connectivity index (χ0v) is 16.7. The monoisotopic (exact) mass is 431 g/mol. The minimum Gasteiger partial charge on any atom is -0.477 e. The number of rotatable bonds is 3. The van der Waals surface area contributed by atoms with Crippen molar-refractivity contribution in [1.29, 1.82) is 0 Å². The first-order valence-electron chi connectivity index (χ1n) is 9.76. The molecule has 31 heavy (non-hydrogen) atoms. The Morgan fingerprint density at radius 1 is 1.13 bits per heavy atom. The molecule has 6 nitrogen and oxygen atoms in total. The molecule has 0 aliphatic carbocycles. The molecule has 2 heterocycles. The van der Waals surface area contributed by atoms with E-state index in [1.807, 2.05) is 0 Å². The average molecular weight is 431 g/mol. The predicted octanol–water partition coefficient (Wildman–Crippen LogP) is 3.34. The van der Waals surface area contributed by atoms with Crippen molar-refractivity contribution >= 4 is 22.6 Å². The fourth-order valence-corrected chi connectivity index (χ4v) is 4.03. The second-order valence-electron chi connectivity index (χ2n) is 7.70. The van der Waals surface area contributed by atoms with Gasteiger partial charge in [-0.05, 0) is 38.0 Å². The second kappa shape index (κ2) is 7.73. The van der Waals surface area contributed by atoms with Crippen LogP contribution >= 0.6 is 0 Å². The Morgan fingerprint density at radius 2 is 1.81 bits per heavy atom. The van der Waals surface area contributed by atoms with E-state index in [4.69, 9.17) is 5.73 Å². The number of carboxylic acids is 1. The van der Waals surface area contributed by atoms with Gasteiger partial charge in [0.15, 0.2) is 0 Å². The summed E-state index contributed by atoms with van der Waals surface area (Å²) in [7, 11) is 0. The van der Waals surface area contributed by atoms with Gasteiger partial charge in [0.1, 0.15) is 23.0 Å². The lowest BCUT2D eigenvalue weighted by Gasteiger charge is -2.33. The number of piperidine rings is 1. The molecule has 0 atom stereocenters. The third-order valence-electron chi connectivity index (χ3n) is 5.73. The van der Waals surface area contributed by atoms with Crippen LogP contribution < -0.4 is 16.1 Å². The predicted molar refractivity (Wildman–Crippen MR) is 111 cm³/mol. The van der Waals surface area contributed by atoms with Gasteiger partial charge in [-0.2, -0.15) is 0 Å². The van der Waals surface area contributed by atoms with Crippen LogP contribution in [0.25, 0.3) is 16.6 Å². The molecule has 3 aromatic rings. The van der Waals surface area contributed by atoms with Crippen molar-refractivity contribution in [2.45, 2.75) is 25.8 Å². The molecular formula is C22H20F3N3O3. The van der Waals surface area contributed by atoms with E-state index in [2.05, 4.69) is 0 Å². The maximum Gasteiger partial charge on any atom is 0.341 e. The molecule has 0 saturated carbocycles. The summed E-state index contributed by atoms with van der Waals surface area (Å²) in [6.07, 6.45) is 2.30. The number of nitrogens with zero attached hydrogens (tertiary/aromatic N) is 2. The highest BCUT2D eigenvalue weighted by Gasteiger charge is 2.25. The van der Waals surface area contributed by atoms with Gasteiger partial charge < -0.3 is 20.3 Å². The van der Waals surface area contributed by atoms with Gasteiger partial charge in [-0.15, -0.1) is 0 Å². The maximum atomic E-state index is 15.3. The third kappa shape index (κ3) is 3.54. The Bertz CT molecular complexity index is 1260. The standard InChI is InChI=1S/C22H20F3N3O3/c1-11-19-17(9-18(20(11)25)27-6-4-13(26)5-7-27)28(10-14(21(19)29)22(30)31)16-3-2-12(23)8-15(16)24/h2-3,8-10,13H,4-7,26H2,1H3,(H,30,31). The number of hydrogen-bond donors (Lipinski definition) is 2. The van der Waals surface area contributed by atoms with E-state index in [0.717, 1.165) is 22.9 Å². The quantitative estimate of drug-likeness (QED) is 0.664. The van der Waals surface area contributed by atoms with Crippen molar-refractivity contribution in [3.05, 3.63) is 69.3 Å². The second-order valence-corrected chi connectivity index (χ2v) is 7.70. The fraction of sp³-hybridized carbons (Fsp3) is 0.273. The number of fused-ring (bicyclic) bond motifs is 1.